The molecule has 1 aromatic heterocycles. The Hall–Kier alpha value is -2.61. The second kappa shape index (κ2) is 9.19. The molecule has 0 unspecified atom stereocenters. The Bertz CT molecular complexity index is 787. The van der Waals surface area contributed by atoms with Crippen LogP contribution in [0.15, 0.2) is 23.3 Å². The summed E-state index contributed by atoms with van der Waals surface area (Å²) in [7, 11) is 1.58. The second-order valence-electron chi connectivity index (χ2n) is 6.00. The molecule has 0 aliphatic carbocycles. The summed E-state index contributed by atoms with van der Waals surface area (Å²) in [5.41, 5.74) is 9.62. The van der Waals surface area contributed by atoms with Crippen LogP contribution in [0.3, 0.4) is 0 Å². The fourth-order valence-corrected chi connectivity index (χ4v) is 2.95. The van der Waals surface area contributed by atoms with Crippen LogP contribution in [0.5, 0.6) is 11.5 Å². The predicted octanol–water partition coefficient (Wildman–Crippen LogP) is 3.10. The standard InChI is InChI=1S/C18H24N4O3S/c1-5-13-16(26-18(19)21-13)17(23)22-20-9-12-6-7-14(15(8-12)24-4)25-10-11(2)3/h6-9,11H,5,10H2,1-4H3,(H2,19,21)(H,22,23). The minimum atomic E-state index is -0.323. The molecule has 3 N–H and O–H groups in total. The highest BCUT2D eigenvalue weighted by atomic mass is 32.1. The van der Waals surface area contributed by atoms with Gasteiger partial charge in [0.25, 0.3) is 5.91 Å². The van der Waals surface area contributed by atoms with Crippen LogP contribution >= 0.6 is 11.3 Å². The number of amides is 1. The summed E-state index contributed by atoms with van der Waals surface area (Å²) in [6.45, 7) is 6.69. The van der Waals surface area contributed by atoms with E-state index in [-0.39, 0.29) is 5.91 Å². The SMILES string of the molecule is CCc1nc(N)sc1C(=O)NN=Cc1ccc(OCC(C)C)c(OC)c1. The lowest BCUT2D eigenvalue weighted by Crippen LogP contribution is -2.17. The van der Waals surface area contributed by atoms with Crippen LogP contribution in [0.2, 0.25) is 0 Å². The molecule has 1 heterocycles. The molecule has 0 fully saturated rings. The maximum absolute atomic E-state index is 12.2. The number of rotatable bonds is 8. The van der Waals surface area contributed by atoms with Crippen LogP contribution in [0, 0.1) is 5.92 Å². The number of aryl methyl sites for hydroxylation is 1. The first-order chi connectivity index (χ1) is 12.4. The fourth-order valence-electron chi connectivity index (χ4n) is 2.14. The molecule has 0 saturated heterocycles. The normalized spacial score (nSPS) is 11.1. The zero-order valence-corrected chi connectivity index (χ0v) is 16.2. The Kier molecular flexibility index (Phi) is 6.97. The highest BCUT2D eigenvalue weighted by Gasteiger charge is 2.15. The average Bonchev–Trinajstić information content (AvgIpc) is 3.01. The quantitative estimate of drug-likeness (QED) is 0.545. The van der Waals surface area contributed by atoms with Gasteiger partial charge >= 0.3 is 0 Å². The van der Waals surface area contributed by atoms with Crippen molar-refractivity contribution in [3.8, 4) is 11.5 Å². The number of anilines is 1. The molecule has 7 nitrogen and oxygen atoms in total. The van der Waals surface area contributed by atoms with Gasteiger partial charge in [-0.15, -0.1) is 0 Å². The molecule has 8 heteroatoms. The average molecular weight is 376 g/mol. The first kappa shape index (κ1) is 19.7. The van der Waals surface area contributed by atoms with Gasteiger partial charge in [0.05, 0.1) is 25.6 Å². The Morgan fingerprint density at radius 2 is 2.19 bits per heavy atom. The molecule has 26 heavy (non-hydrogen) atoms. The summed E-state index contributed by atoms with van der Waals surface area (Å²) >= 11 is 1.15. The van der Waals surface area contributed by atoms with Crippen molar-refractivity contribution in [2.75, 3.05) is 19.5 Å². The number of benzene rings is 1. The van der Waals surface area contributed by atoms with Crippen molar-refractivity contribution in [2.45, 2.75) is 27.2 Å². The lowest BCUT2D eigenvalue weighted by molar-refractivity contribution is 0.0958. The van der Waals surface area contributed by atoms with Gasteiger partial charge in [0.1, 0.15) is 4.88 Å². The van der Waals surface area contributed by atoms with Crippen molar-refractivity contribution in [1.29, 1.82) is 0 Å². The van der Waals surface area contributed by atoms with Gasteiger partial charge in [-0.2, -0.15) is 5.10 Å². The molecular weight excluding hydrogens is 352 g/mol. The third kappa shape index (κ3) is 5.19. The number of nitrogens with zero attached hydrogens (tertiary/aromatic N) is 2. The number of ether oxygens (including phenoxy) is 2. The minimum Gasteiger partial charge on any atom is -0.493 e. The number of thiazole rings is 1. The fraction of sp³-hybridized carbons (Fsp3) is 0.389. The van der Waals surface area contributed by atoms with Crippen LogP contribution in [0.4, 0.5) is 5.13 Å². The van der Waals surface area contributed by atoms with Gasteiger partial charge in [-0.3, -0.25) is 4.79 Å². The second-order valence-corrected chi connectivity index (χ2v) is 7.03. The highest BCUT2D eigenvalue weighted by molar-refractivity contribution is 7.17. The van der Waals surface area contributed by atoms with Gasteiger partial charge in [-0.05, 0) is 36.1 Å². The van der Waals surface area contributed by atoms with Gasteiger partial charge in [-0.25, -0.2) is 10.4 Å². The Labute approximate surface area is 157 Å². The molecule has 0 bridgehead atoms. The van der Waals surface area contributed by atoms with E-state index in [1.807, 2.05) is 19.1 Å². The van der Waals surface area contributed by atoms with Crippen LogP contribution in [0.25, 0.3) is 0 Å². The molecule has 2 aromatic rings. The third-order valence-electron chi connectivity index (χ3n) is 3.39. The van der Waals surface area contributed by atoms with E-state index in [0.717, 1.165) is 16.9 Å². The van der Waals surface area contributed by atoms with Gasteiger partial charge in [0, 0.05) is 0 Å². The van der Waals surface area contributed by atoms with Crippen molar-refractivity contribution in [3.05, 3.63) is 34.3 Å². The summed E-state index contributed by atoms with van der Waals surface area (Å²) in [5, 5.41) is 4.37. The molecule has 0 spiro atoms. The number of carbonyl (C=O) groups is 1. The van der Waals surface area contributed by atoms with E-state index in [4.69, 9.17) is 15.2 Å². The minimum absolute atomic E-state index is 0.323. The number of hydrogen-bond donors (Lipinski definition) is 2. The number of nitrogens with one attached hydrogen (secondary N) is 1. The van der Waals surface area contributed by atoms with Gasteiger partial charge < -0.3 is 15.2 Å². The van der Waals surface area contributed by atoms with E-state index >= 15 is 0 Å². The number of nitrogen functional groups attached to an aromatic ring is 1. The maximum Gasteiger partial charge on any atom is 0.283 e. The van der Waals surface area contributed by atoms with E-state index < -0.39 is 0 Å². The van der Waals surface area contributed by atoms with E-state index in [9.17, 15) is 4.79 Å². The zero-order valence-electron chi connectivity index (χ0n) is 15.4. The van der Waals surface area contributed by atoms with Crippen LogP contribution < -0.4 is 20.6 Å². The van der Waals surface area contributed by atoms with E-state index in [2.05, 4.69) is 29.4 Å². The van der Waals surface area contributed by atoms with Crippen LogP contribution in [-0.2, 0) is 6.42 Å². The molecule has 0 saturated carbocycles. The third-order valence-corrected chi connectivity index (χ3v) is 4.32. The largest absolute Gasteiger partial charge is 0.493 e. The molecule has 1 aromatic carbocycles. The molecule has 140 valence electrons. The van der Waals surface area contributed by atoms with Gasteiger partial charge in [0.15, 0.2) is 16.6 Å². The molecular formula is C18H24N4O3S. The number of aromatic nitrogens is 1. The summed E-state index contributed by atoms with van der Waals surface area (Å²) in [6, 6.07) is 5.47. The Morgan fingerprint density at radius 1 is 1.42 bits per heavy atom. The maximum atomic E-state index is 12.2. The number of carbonyl (C=O) groups excluding carboxylic acids is 1. The lowest BCUT2D eigenvalue weighted by Gasteiger charge is -2.12. The van der Waals surface area contributed by atoms with Crippen molar-refractivity contribution < 1.29 is 14.3 Å². The molecule has 0 aliphatic heterocycles. The predicted molar refractivity (Wildman–Crippen MR) is 104 cm³/mol. The van der Waals surface area contributed by atoms with E-state index in [0.29, 0.717) is 46.1 Å². The highest BCUT2D eigenvalue weighted by Crippen LogP contribution is 2.28. The summed E-state index contributed by atoms with van der Waals surface area (Å²) in [4.78, 5) is 16.8. The molecule has 0 aliphatic rings. The van der Waals surface area contributed by atoms with Crippen molar-refractivity contribution in [2.24, 2.45) is 11.0 Å². The summed E-state index contributed by atoms with van der Waals surface area (Å²) in [6.07, 6.45) is 2.18. The lowest BCUT2D eigenvalue weighted by atomic mass is 10.2. The molecule has 2 rings (SSSR count). The van der Waals surface area contributed by atoms with E-state index in [1.165, 1.54) is 0 Å². The first-order valence-electron chi connectivity index (χ1n) is 8.34. The van der Waals surface area contributed by atoms with Crippen molar-refractivity contribution in [3.63, 3.8) is 0 Å². The van der Waals surface area contributed by atoms with Crippen molar-refractivity contribution >= 4 is 28.6 Å². The topological polar surface area (TPSA) is 98.8 Å². The molecule has 1 amide bonds. The van der Waals surface area contributed by atoms with Gasteiger partial charge in [-0.1, -0.05) is 32.1 Å². The number of methoxy groups -OCH3 is 1. The summed E-state index contributed by atoms with van der Waals surface area (Å²) in [5.74, 6) is 1.39. The number of hydrazone groups is 1. The number of nitrogens with two attached hydrogens (primary N) is 1. The van der Waals surface area contributed by atoms with E-state index in [1.54, 1.807) is 19.4 Å². The van der Waals surface area contributed by atoms with Crippen LogP contribution in [-0.4, -0.2) is 30.8 Å². The monoisotopic (exact) mass is 376 g/mol. The van der Waals surface area contributed by atoms with Crippen molar-refractivity contribution in [1.82, 2.24) is 10.4 Å². The first-order valence-corrected chi connectivity index (χ1v) is 9.15. The zero-order chi connectivity index (χ0) is 19.1. The smallest absolute Gasteiger partial charge is 0.283 e. The van der Waals surface area contributed by atoms with Crippen LogP contribution in [0.1, 0.15) is 41.7 Å². The van der Waals surface area contributed by atoms with Gasteiger partial charge in [0.2, 0.25) is 0 Å². The Morgan fingerprint density at radius 3 is 2.85 bits per heavy atom. The Balaban J connectivity index is 2.04. The molecule has 0 atom stereocenters. The summed E-state index contributed by atoms with van der Waals surface area (Å²) < 4.78 is 11.1. The molecule has 0 radical (unpaired) electrons. The number of hydrogen-bond acceptors (Lipinski definition) is 7.